The van der Waals surface area contributed by atoms with Crippen LogP contribution >= 0.6 is 15.9 Å². The minimum Gasteiger partial charge on any atom is -0.494 e. The summed E-state index contributed by atoms with van der Waals surface area (Å²) in [6.45, 7) is 3.84. The Labute approximate surface area is 129 Å². The van der Waals surface area contributed by atoms with Gasteiger partial charge in [-0.1, -0.05) is 47.5 Å². The Morgan fingerprint density at radius 3 is 2.75 bits per heavy atom. The number of hydrogen-bond acceptors (Lipinski definition) is 2. The summed E-state index contributed by atoms with van der Waals surface area (Å²) in [5, 5.41) is 5.36. The van der Waals surface area contributed by atoms with Crippen molar-refractivity contribution < 1.29 is 4.74 Å². The van der Waals surface area contributed by atoms with Gasteiger partial charge in [0.2, 0.25) is 0 Å². The van der Waals surface area contributed by atoms with E-state index in [1.807, 2.05) is 36.5 Å². The van der Waals surface area contributed by atoms with Crippen LogP contribution in [0.5, 0.6) is 5.75 Å². The molecular formula is C16H21BrN2O. The molecule has 1 aromatic carbocycles. The molecule has 0 atom stereocenters. The SMILES string of the molecule is CCCc1c(CBr)cnn1CCCOc1ccccc1. The molecule has 0 aliphatic heterocycles. The number of rotatable bonds is 8. The van der Waals surface area contributed by atoms with Crippen LogP contribution in [-0.2, 0) is 18.3 Å². The molecule has 0 radical (unpaired) electrons. The maximum absolute atomic E-state index is 5.71. The van der Waals surface area contributed by atoms with Crippen LogP contribution in [0.3, 0.4) is 0 Å². The summed E-state index contributed by atoms with van der Waals surface area (Å²) in [6, 6.07) is 9.95. The monoisotopic (exact) mass is 336 g/mol. The van der Waals surface area contributed by atoms with E-state index in [4.69, 9.17) is 4.74 Å². The second-order valence-corrected chi connectivity index (χ2v) is 5.30. The van der Waals surface area contributed by atoms with E-state index in [2.05, 4.69) is 32.6 Å². The van der Waals surface area contributed by atoms with Gasteiger partial charge >= 0.3 is 0 Å². The molecule has 4 heteroatoms. The van der Waals surface area contributed by atoms with Crippen molar-refractivity contribution in [3.8, 4) is 5.75 Å². The number of halogens is 1. The van der Waals surface area contributed by atoms with E-state index in [1.54, 1.807) is 0 Å². The zero-order valence-corrected chi connectivity index (χ0v) is 13.5. The molecule has 108 valence electrons. The van der Waals surface area contributed by atoms with Gasteiger partial charge in [-0.15, -0.1) is 0 Å². The number of para-hydroxylation sites is 1. The lowest BCUT2D eigenvalue weighted by Crippen LogP contribution is -2.09. The predicted octanol–water partition coefficient (Wildman–Crippen LogP) is 4.20. The lowest BCUT2D eigenvalue weighted by molar-refractivity contribution is 0.297. The van der Waals surface area contributed by atoms with E-state index in [-0.39, 0.29) is 0 Å². The Kier molecular flexibility index (Phi) is 6.12. The van der Waals surface area contributed by atoms with Crippen molar-refractivity contribution in [3.05, 3.63) is 47.8 Å². The second kappa shape index (κ2) is 8.10. The summed E-state index contributed by atoms with van der Waals surface area (Å²) in [5.41, 5.74) is 2.65. The fourth-order valence-electron chi connectivity index (χ4n) is 2.20. The summed E-state index contributed by atoms with van der Waals surface area (Å²) in [5.74, 6) is 0.933. The Hall–Kier alpha value is -1.29. The Morgan fingerprint density at radius 2 is 2.05 bits per heavy atom. The van der Waals surface area contributed by atoms with Gasteiger partial charge in [-0.2, -0.15) is 5.10 Å². The average molecular weight is 337 g/mol. The van der Waals surface area contributed by atoms with Crippen LogP contribution in [-0.4, -0.2) is 16.4 Å². The third-order valence-corrected chi connectivity index (χ3v) is 3.80. The Bertz CT molecular complexity index is 510. The molecule has 0 unspecified atom stereocenters. The molecule has 0 saturated heterocycles. The highest BCUT2D eigenvalue weighted by Crippen LogP contribution is 2.15. The molecule has 0 aliphatic carbocycles. The molecule has 3 nitrogen and oxygen atoms in total. The molecule has 0 saturated carbocycles. The minimum atomic E-state index is 0.721. The number of benzene rings is 1. The number of nitrogens with zero attached hydrogens (tertiary/aromatic N) is 2. The molecule has 0 N–H and O–H groups in total. The van der Waals surface area contributed by atoms with Gasteiger partial charge in [0, 0.05) is 29.6 Å². The molecule has 0 spiro atoms. The van der Waals surface area contributed by atoms with E-state index in [9.17, 15) is 0 Å². The van der Waals surface area contributed by atoms with Crippen molar-refractivity contribution in [2.45, 2.75) is 38.1 Å². The number of aryl methyl sites for hydroxylation is 1. The highest BCUT2D eigenvalue weighted by atomic mass is 79.9. The van der Waals surface area contributed by atoms with Gasteiger partial charge in [0.25, 0.3) is 0 Å². The Morgan fingerprint density at radius 1 is 1.25 bits per heavy atom. The van der Waals surface area contributed by atoms with Crippen molar-refractivity contribution in [2.24, 2.45) is 0 Å². The number of ether oxygens (including phenoxy) is 1. The zero-order chi connectivity index (χ0) is 14.2. The lowest BCUT2D eigenvalue weighted by Gasteiger charge is -2.09. The summed E-state index contributed by atoms with van der Waals surface area (Å²) < 4.78 is 7.83. The standard InChI is InChI=1S/C16H21BrN2O/c1-2-7-16-14(12-17)13-18-19(16)10-6-11-20-15-8-4-3-5-9-15/h3-5,8-9,13H,2,6-7,10-12H2,1H3. The molecular weight excluding hydrogens is 316 g/mol. The van der Waals surface area contributed by atoms with E-state index in [0.29, 0.717) is 0 Å². The molecule has 2 aromatic rings. The maximum atomic E-state index is 5.71. The van der Waals surface area contributed by atoms with Gasteiger partial charge in [0.15, 0.2) is 0 Å². The van der Waals surface area contributed by atoms with Crippen molar-refractivity contribution in [1.29, 1.82) is 0 Å². The first-order valence-electron chi connectivity index (χ1n) is 7.12. The number of aromatic nitrogens is 2. The third kappa shape index (κ3) is 4.10. The summed E-state index contributed by atoms with van der Waals surface area (Å²) >= 11 is 3.53. The van der Waals surface area contributed by atoms with Crippen LogP contribution < -0.4 is 4.74 Å². The third-order valence-electron chi connectivity index (χ3n) is 3.19. The van der Waals surface area contributed by atoms with Crippen LogP contribution in [0.15, 0.2) is 36.5 Å². The highest BCUT2D eigenvalue weighted by molar-refractivity contribution is 9.08. The molecule has 20 heavy (non-hydrogen) atoms. The summed E-state index contributed by atoms with van der Waals surface area (Å²) in [7, 11) is 0. The van der Waals surface area contributed by atoms with Crippen LogP contribution in [0.1, 0.15) is 31.0 Å². The number of alkyl halides is 1. The highest BCUT2D eigenvalue weighted by Gasteiger charge is 2.08. The van der Waals surface area contributed by atoms with Gasteiger partial charge in [0.1, 0.15) is 5.75 Å². The van der Waals surface area contributed by atoms with Crippen molar-refractivity contribution >= 4 is 15.9 Å². The molecule has 0 aliphatic rings. The summed E-state index contributed by atoms with van der Waals surface area (Å²) in [4.78, 5) is 0. The molecule has 0 amide bonds. The topological polar surface area (TPSA) is 27.1 Å². The first-order chi connectivity index (χ1) is 9.85. The maximum Gasteiger partial charge on any atom is 0.119 e. The molecule has 2 rings (SSSR count). The van der Waals surface area contributed by atoms with Crippen LogP contribution in [0, 0.1) is 0 Å². The van der Waals surface area contributed by atoms with E-state index < -0.39 is 0 Å². The van der Waals surface area contributed by atoms with Crippen molar-refractivity contribution in [3.63, 3.8) is 0 Å². The number of hydrogen-bond donors (Lipinski definition) is 0. The molecule has 0 fully saturated rings. The van der Waals surface area contributed by atoms with Gasteiger partial charge in [-0.3, -0.25) is 4.68 Å². The first-order valence-corrected chi connectivity index (χ1v) is 8.24. The van der Waals surface area contributed by atoms with Gasteiger partial charge in [-0.25, -0.2) is 0 Å². The van der Waals surface area contributed by atoms with Crippen molar-refractivity contribution in [1.82, 2.24) is 9.78 Å². The van der Waals surface area contributed by atoms with Gasteiger partial charge < -0.3 is 4.74 Å². The fourth-order valence-corrected chi connectivity index (χ4v) is 2.67. The predicted molar refractivity (Wildman–Crippen MR) is 85.4 cm³/mol. The van der Waals surface area contributed by atoms with Crippen LogP contribution in [0.25, 0.3) is 0 Å². The Balaban J connectivity index is 1.83. The molecule has 1 heterocycles. The smallest absolute Gasteiger partial charge is 0.119 e. The lowest BCUT2D eigenvalue weighted by atomic mass is 10.2. The minimum absolute atomic E-state index is 0.721. The fraction of sp³-hybridized carbons (Fsp3) is 0.438. The molecule has 0 bridgehead atoms. The first kappa shape index (κ1) is 15.1. The largest absolute Gasteiger partial charge is 0.494 e. The molecule has 1 aromatic heterocycles. The zero-order valence-electron chi connectivity index (χ0n) is 11.9. The van der Waals surface area contributed by atoms with Gasteiger partial charge in [-0.05, 0) is 18.6 Å². The normalized spacial score (nSPS) is 10.7. The van der Waals surface area contributed by atoms with E-state index in [0.717, 1.165) is 43.5 Å². The van der Waals surface area contributed by atoms with Crippen LogP contribution in [0.2, 0.25) is 0 Å². The van der Waals surface area contributed by atoms with Crippen molar-refractivity contribution in [2.75, 3.05) is 6.61 Å². The quantitative estimate of drug-likeness (QED) is 0.533. The van der Waals surface area contributed by atoms with E-state index in [1.165, 1.54) is 11.3 Å². The van der Waals surface area contributed by atoms with Gasteiger partial charge in [0.05, 0.1) is 12.8 Å². The van der Waals surface area contributed by atoms with Crippen LogP contribution in [0.4, 0.5) is 0 Å². The second-order valence-electron chi connectivity index (χ2n) is 4.74. The summed E-state index contributed by atoms with van der Waals surface area (Å²) in [6.07, 6.45) is 5.17. The van der Waals surface area contributed by atoms with E-state index >= 15 is 0 Å². The average Bonchev–Trinajstić information content (AvgIpc) is 2.87.